The Hall–Kier alpha value is -5.17. The second-order valence-electron chi connectivity index (χ2n) is 8.53. The number of hydrogen-bond acceptors (Lipinski definition) is 10. The number of carboxylic acid groups (broad SMARTS) is 2. The van der Waals surface area contributed by atoms with Gasteiger partial charge in [-0.25, -0.2) is 24.5 Å². The Labute approximate surface area is 222 Å². The summed E-state index contributed by atoms with van der Waals surface area (Å²) in [6.45, 7) is 3.26. The number of benzene rings is 1. The van der Waals surface area contributed by atoms with Crippen LogP contribution in [-0.2, 0) is 9.59 Å². The lowest BCUT2D eigenvalue weighted by Crippen LogP contribution is -2.47. The lowest BCUT2D eigenvalue weighted by Gasteiger charge is -2.32. The zero-order valence-electron chi connectivity index (χ0n) is 20.9. The first kappa shape index (κ1) is 26.9. The van der Waals surface area contributed by atoms with Crippen molar-refractivity contribution < 1.29 is 29.0 Å². The monoisotopic (exact) mass is 531 g/mol. The molecule has 4 heterocycles. The van der Waals surface area contributed by atoms with Crippen molar-refractivity contribution in [2.75, 3.05) is 39.0 Å². The molecule has 13 heteroatoms. The molecular weight excluding hydrogens is 506 g/mol. The molecule has 5 rings (SSSR count). The van der Waals surface area contributed by atoms with E-state index in [0.717, 1.165) is 31.7 Å². The van der Waals surface area contributed by atoms with Crippen LogP contribution in [-0.4, -0.2) is 91.0 Å². The van der Waals surface area contributed by atoms with Gasteiger partial charge in [-0.2, -0.15) is 0 Å². The summed E-state index contributed by atoms with van der Waals surface area (Å²) in [5.41, 5.74) is 9.71. The number of carbonyl (C=O) groups is 3. The van der Waals surface area contributed by atoms with Gasteiger partial charge in [0.15, 0.2) is 17.1 Å². The average molecular weight is 532 g/mol. The van der Waals surface area contributed by atoms with E-state index >= 15 is 0 Å². The molecule has 0 spiro atoms. The van der Waals surface area contributed by atoms with Gasteiger partial charge >= 0.3 is 11.9 Å². The molecule has 0 unspecified atom stereocenters. The van der Waals surface area contributed by atoms with Gasteiger partial charge in [0.1, 0.15) is 5.52 Å². The Morgan fingerprint density at radius 3 is 2.23 bits per heavy atom. The highest BCUT2D eigenvalue weighted by Gasteiger charge is 2.21. The number of rotatable bonds is 5. The first-order valence-corrected chi connectivity index (χ1v) is 11.8. The molecule has 1 saturated heterocycles. The molecule has 0 aliphatic carbocycles. The van der Waals surface area contributed by atoms with Gasteiger partial charge in [-0.1, -0.05) is 12.1 Å². The van der Waals surface area contributed by atoms with Crippen molar-refractivity contribution in [3.8, 4) is 22.8 Å². The predicted molar refractivity (Wildman–Crippen MR) is 140 cm³/mol. The number of amides is 1. The topological polar surface area (TPSA) is 189 Å². The highest BCUT2D eigenvalue weighted by atomic mass is 16.4. The molecular formula is C26H25N7O6. The Bertz CT molecular complexity index is 1480. The minimum atomic E-state index is -1.26. The van der Waals surface area contributed by atoms with Crippen LogP contribution in [0, 0.1) is 0 Å². The molecule has 1 fully saturated rings. The number of fused-ring (bicyclic) bond motifs is 1. The smallest absolute Gasteiger partial charge is 0.328 e. The molecule has 39 heavy (non-hydrogen) atoms. The lowest BCUT2D eigenvalue weighted by molar-refractivity contribution is -0.134. The second kappa shape index (κ2) is 11.9. The van der Waals surface area contributed by atoms with Gasteiger partial charge < -0.3 is 30.2 Å². The lowest BCUT2D eigenvalue weighted by atomic mass is 10.1. The Kier molecular flexibility index (Phi) is 8.21. The molecule has 3 aromatic heterocycles. The summed E-state index contributed by atoms with van der Waals surface area (Å²) < 4.78 is 5.76. The highest BCUT2D eigenvalue weighted by Crippen LogP contribution is 2.28. The molecule has 0 saturated carbocycles. The molecule has 4 aromatic rings. The van der Waals surface area contributed by atoms with E-state index in [2.05, 4.69) is 31.9 Å². The Balaban J connectivity index is 0.000000386. The molecule has 1 amide bonds. The van der Waals surface area contributed by atoms with Gasteiger partial charge in [0, 0.05) is 61.7 Å². The third-order valence-corrected chi connectivity index (χ3v) is 5.78. The molecule has 0 atom stereocenters. The maximum atomic E-state index is 12.8. The van der Waals surface area contributed by atoms with E-state index in [1.807, 2.05) is 29.2 Å². The summed E-state index contributed by atoms with van der Waals surface area (Å²) in [5.74, 6) is -1.95. The van der Waals surface area contributed by atoms with Crippen LogP contribution < -0.4 is 5.73 Å². The van der Waals surface area contributed by atoms with Gasteiger partial charge in [-0.05, 0) is 19.2 Å². The van der Waals surface area contributed by atoms with Crippen molar-refractivity contribution >= 4 is 34.8 Å². The Morgan fingerprint density at radius 2 is 1.62 bits per heavy atom. The maximum absolute atomic E-state index is 12.8. The zero-order valence-corrected chi connectivity index (χ0v) is 20.9. The number of oxazole rings is 1. The van der Waals surface area contributed by atoms with Gasteiger partial charge in [0.2, 0.25) is 5.89 Å². The van der Waals surface area contributed by atoms with Crippen LogP contribution in [0.5, 0.6) is 0 Å². The van der Waals surface area contributed by atoms with E-state index in [1.165, 1.54) is 0 Å². The third kappa shape index (κ3) is 6.78. The fourth-order valence-corrected chi connectivity index (χ4v) is 3.69. The minimum Gasteiger partial charge on any atom is -0.478 e. The average Bonchev–Trinajstić information content (AvgIpc) is 3.37. The zero-order chi connectivity index (χ0) is 27.9. The molecule has 0 bridgehead atoms. The molecule has 4 N–H and O–H groups in total. The van der Waals surface area contributed by atoms with Crippen LogP contribution in [0.15, 0.2) is 65.5 Å². The van der Waals surface area contributed by atoms with Crippen molar-refractivity contribution in [2.24, 2.45) is 0 Å². The normalized spacial score (nSPS) is 13.7. The van der Waals surface area contributed by atoms with Crippen LogP contribution in [0.1, 0.15) is 10.4 Å². The number of hydrogen-bond donors (Lipinski definition) is 3. The largest absolute Gasteiger partial charge is 0.478 e. The van der Waals surface area contributed by atoms with Crippen LogP contribution >= 0.6 is 0 Å². The van der Waals surface area contributed by atoms with Gasteiger partial charge in [-0.3, -0.25) is 9.78 Å². The number of pyridine rings is 1. The quantitative estimate of drug-likeness (QED) is 0.318. The van der Waals surface area contributed by atoms with Crippen molar-refractivity contribution in [3.05, 3.63) is 66.6 Å². The molecule has 0 radical (unpaired) electrons. The molecule has 1 aliphatic rings. The number of piperazine rings is 1. The van der Waals surface area contributed by atoms with Gasteiger partial charge in [0.25, 0.3) is 5.91 Å². The number of carbonyl (C=O) groups excluding carboxylic acids is 1. The molecule has 1 aliphatic heterocycles. The number of aromatic nitrogens is 4. The van der Waals surface area contributed by atoms with Crippen molar-refractivity contribution in [3.63, 3.8) is 0 Å². The fraction of sp³-hybridized carbons (Fsp3) is 0.192. The van der Waals surface area contributed by atoms with E-state index in [0.29, 0.717) is 40.2 Å². The summed E-state index contributed by atoms with van der Waals surface area (Å²) in [6, 6.07) is 9.10. The molecule has 1 aromatic carbocycles. The number of nitrogen functional groups attached to an aromatic ring is 1. The standard InChI is InChI=1S/C22H21N7O2.C4H4O4/c1-28-8-10-29(11-9-28)22(30)15-4-2-14(3-5-15)16-13-25-20(23)19(26-16)21-27-17-12-24-7-6-18(17)31-21;5-3(6)1-2-4(7)8/h2-7,12-13H,8-11H2,1H3,(H2,23,25);1-2H,(H,5,6)(H,7,8). The van der Waals surface area contributed by atoms with Crippen molar-refractivity contribution in [2.45, 2.75) is 0 Å². The number of nitrogens with zero attached hydrogens (tertiary/aromatic N) is 6. The van der Waals surface area contributed by atoms with E-state index in [4.69, 9.17) is 20.4 Å². The number of likely N-dealkylation sites (N-methyl/N-ethyl adjacent to an activating group) is 1. The van der Waals surface area contributed by atoms with E-state index in [9.17, 15) is 14.4 Å². The second-order valence-corrected chi connectivity index (χ2v) is 8.53. The van der Waals surface area contributed by atoms with Gasteiger partial charge in [-0.15, -0.1) is 0 Å². The summed E-state index contributed by atoms with van der Waals surface area (Å²) in [6.07, 6.45) is 5.96. The number of carboxylic acids is 2. The number of nitrogens with two attached hydrogens (primary N) is 1. The Morgan fingerprint density at radius 1 is 0.949 bits per heavy atom. The summed E-state index contributed by atoms with van der Waals surface area (Å²) >= 11 is 0. The highest BCUT2D eigenvalue weighted by molar-refractivity contribution is 5.94. The number of anilines is 1. The van der Waals surface area contributed by atoms with Crippen molar-refractivity contribution in [1.29, 1.82) is 0 Å². The van der Waals surface area contributed by atoms with Crippen LogP contribution in [0.2, 0.25) is 0 Å². The first-order valence-electron chi connectivity index (χ1n) is 11.8. The van der Waals surface area contributed by atoms with E-state index < -0.39 is 11.9 Å². The van der Waals surface area contributed by atoms with Crippen molar-refractivity contribution in [1.82, 2.24) is 29.7 Å². The number of aliphatic carboxylic acids is 2. The minimum absolute atomic E-state index is 0.0452. The SMILES string of the molecule is CN1CCN(C(=O)c2ccc(-c3cnc(N)c(-c4nc5cnccc5o4)n3)cc2)CC1.O=C(O)C=CC(=O)O. The van der Waals surface area contributed by atoms with E-state index in [-0.39, 0.29) is 17.6 Å². The van der Waals surface area contributed by atoms with Crippen LogP contribution in [0.25, 0.3) is 33.9 Å². The summed E-state index contributed by atoms with van der Waals surface area (Å²) in [5, 5.41) is 15.6. The molecule has 13 nitrogen and oxygen atoms in total. The third-order valence-electron chi connectivity index (χ3n) is 5.78. The van der Waals surface area contributed by atoms with Crippen LogP contribution in [0.3, 0.4) is 0 Å². The van der Waals surface area contributed by atoms with E-state index in [1.54, 1.807) is 24.7 Å². The predicted octanol–water partition coefficient (Wildman–Crippen LogP) is 2.03. The van der Waals surface area contributed by atoms with Gasteiger partial charge in [0.05, 0.1) is 18.1 Å². The van der Waals surface area contributed by atoms with Crippen LogP contribution in [0.4, 0.5) is 5.82 Å². The molecule has 200 valence electrons. The maximum Gasteiger partial charge on any atom is 0.328 e. The fourth-order valence-electron chi connectivity index (χ4n) is 3.69. The first-order chi connectivity index (χ1) is 18.7. The summed E-state index contributed by atoms with van der Waals surface area (Å²) in [7, 11) is 2.07. The summed E-state index contributed by atoms with van der Waals surface area (Å²) in [4.78, 5) is 53.3.